The quantitative estimate of drug-likeness (QED) is 0.734. The van der Waals surface area contributed by atoms with Crippen molar-refractivity contribution in [2.45, 2.75) is 26.2 Å². The average molecular weight is 429 g/mol. The predicted molar refractivity (Wildman–Crippen MR) is 116 cm³/mol. The van der Waals surface area contributed by atoms with E-state index in [2.05, 4.69) is 5.32 Å². The highest BCUT2D eigenvalue weighted by molar-refractivity contribution is 5.95. The molecule has 0 aliphatic carbocycles. The lowest BCUT2D eigenvalue weighted by Crippen LogP contribution is -2.43. The second-order valence-electron chi connectivity index (χ2n) is 7.70. The van der Waals surface area contributed by atoms with Gasteiger partial charge in [0.1, 0.15) is 17.3 Å². The van der Waals surface area contributed by atoms with Gasteiger partial charge in [0.2, 0.25) is 5.91 Å². The van der Waals surface area contributed by atoms with Crippen LogP contribution in [-0.2, 0) is 11.2 Å². The van der Waals surface area contributed by atoms with Gasteiger partial charge in [-0.2, -0.15) is 0 Å². The summed E-state index contributed by atoms with van der Waals surface area (Å²) in [5.41, 5.74) is 1.94. The summed E-state index contributed by atoms with van der Waals surface area (Å²) in [5, 5.41) is 2.90. The zero-order valence-corrected chi connectivity index (χ0v) is 18.2. The first-order valence-corrected chi connectivity index (χ1v) is 10.5. The first-order chi connectivity index (χ1) is 14.9. The lowest BCUT2D eigenvalue weighted by Gasteiger charge is -2.31. The standard InChI is InChI=1S/C24H29FN2O4/c1-16-21(30-2)14-19(15-22(16)31-3)24(29)27-12-9-18(10-13-27)23(28)26-11-8-17-6-4-5-7-20(17)25/h4-7,14-15,18H,8-13H2,1-3H3,(H,26,28). The number of ether oxygens (including phenoxy) is 2. The Morgan fingerprint density at radius 2 is 1.71 bits per heavy atom. The normalized spacial score (nSPS) is 14.3. The van der Waals surface area contributed by atoms with Crippen molar-refractivity contribution in [1.29, 1.82) is 0 Å². The summed E-state index contributed by atoms with van der Waals surface area (Å²) in [6.45, 7) is 3.27. The first kappa shape index (κ1) is 22.6. The van der Waals surface area contributed by atoms with E-state index in [1.165, 1.54) is 6.07 Å². The molecule has 2 aromatic rings. The van der Waals surface area contributed by atoms with Gasteiger partial charge in [0, 0.05) is 36.7 Å². The third-order valence-electron chi connectivity index (χ3n) is 5.80. The van der Waals surface area contributed by atoms with Gasteiger partial charge in [-0.25, -0.2) is 4.39 Å². The molecule has 166 valence electrons. The number of piperidine rings is 1. The number of rotatable bonds is 7. The smallest absolute Gasteiger partial charge is 0.254 e. The molecule has 1 fully saturated rings. The topological polar surface area (TPSA) is 67.9 Å². The van der Waals surface area contributed by atoms with Gasteiger partial charge in [-0.1, -0.05) is 18.2 Å². The van der Waals surface area contributed by atoms with Crippen LogP contribution in [0.15, 0.2) is 36.4 Å². The van der Waals surface area contributed by atoms with Gasteiger partial charge >= 0.3 is 0 Å². The summed E-state index contributed by atoms with van der Waals surface area (Å²) in [4.78, 5) is 27.2. The molecule has 31 heavy (non-hydrogen) atoms. The maximum atomic E-state index is 13.7. The van der Waals surface area contributed by atoms with Crippen molar-refractivity contribution in [2.24, 2.45) is 5.92 Å². The number of benzene rings is 2. The highest BCUT2D eigenvalue weighted by Crippen LogP contribution is 2.30. The Bertz CT molecular complexity index is 914. The summed E-state index contributed by atoms with van der Waals surface area (Å²) in [6.07, 6.45) is 1.64. The Labute approximate surface area is 182 Å². The number of nitrogens with zero attached hydrogens (tertiary/aromatic N) is 1. The fraction of sp³-hybridized carbons (Fsp3) is 0.417. The largest absolute Gasteiger partial charge is 0.496 e. The van der Waals surface area contributed by atoms with E-state index < -0.39 is 0 Å². The zero-order valence-electron chi connectivity index (χ0n) is 18.2. The molecule has 1 aliphatic heterocycles. The van der Waals surface area contributed by atoms with E-state index in [4.69, 9.17) is 9.47 Å². The molecule has 7 heteroatoms. The molecule has 1 aliphatic rings. The molecule has 2 aromatic carbocycles. The summed E-state index contributed by atoms with van der Waals surface area (Å²) in [7, 11) is 3.12. The summed E-state index contributed by atoms with van der Waals surface area (Å²) in [5.74, 6) is 0.662. The molecule has 2 amide bonds. The fourth-order valence-corrected chi connectivity index (χ4v) is 3.90. The second kappa shape index (κ2) is 10.3. The van der Waals surface area contributed by atoms with Crippen LogP contribution in [-0.4, -0.2) is 50.6 Å². The minimum Gasteiger partial charge on any atom is -0.496 e. The molecule has 0 saturated carbocycles. The van der Waals surface area contributed by atoms with E-state index in [-0.39, 0.29) is 23.5 Å². The van der Waals surface area contributed by atoms with Crippen LogP contribution < -0.4 is 14.8 Å². The van der Waals surface area contributed by atoms with Crippen LogP contribution in [0, 0.1) is 18.7 Å². The average Bonchev–Trinajstić information content (AvgIpc) is 2.80. The van der Waals surface area contributed by atoms with Gasteiger partial charge < -0.3 is 19.7 Å². The molecule has 3 rings (SSSR count). The van der Waals surface area contributed by atoms with Crippen LogP contribution in [0.2, 0.25) is 0 Å². The van der Waals surface area contributed by atoms with Gasteiger partial charge in [-0.05, 0) is 49.9 Å². The number of likely N-dealkylation sites (tertiary alicyclic amines) is 1. The summed E-state index contributed by atoms with van der Waals surface area (Å²) in [6, 6.07) is 10.0. The third kappa shape index (κ3) is 5.34. The number of carbonyl (C=O) groups excluding carboxylic acids is 2. The lowest BCUT2D eigenvalue weighted by atomic mass is 9.95. The van der Waals surface area contributed by atoms with Gasteiger partial charge in [0.25, 0.3) is 5.91 Å². The van der Waals surface area contributed by atoms with E-state index in [0.717, 1.165) is 5.56 Å². The minimum absolute atomic E-state index is 0.0397. The highest BCUT2D eigenvalue weighted by Gasteiger charge is 2.28. The molecule has 1 heterocycles. The van der Waals surface area contributed by atoms with Crippen LogP contribution in [0.1, 0.15) is 34.3 Å². The molecule has 0 unspecified atom stereocenters. The SMILES string of the molecule is COc1cc(C(=O)N2CCC(C(=O)NCCc3ccccc3F)CC2)cc(OC)c1C. The molecule has 0 radical (unpaired) electrons. The van der Waals surface area contributed by atoms with Crippen molar-refractivity contribution in [3.8, 4) is 11.5 Å². The van der Waals surface area contributed by atoms with Crippen LogP contribution in [0.4, 0.5) is 4.39 Å². The van der Waals surface area contributed by atoms with Crippen molar-refractivity contribution in [1.82, 2.24) is 10.2 Å². The molecule has 6 nitrogen and oxygen atoms in total. The lowest BCUT2D eigenvalue weighted by molar-refractivity contribution is -0.126. The number of nitrogens with one attached hydrogen (secondary N) is 1. The fourth-order valence-electron chi connectivity index (χ4n) is 3.90. The Hall–Kier alpha value is -3.09. The predicted octanol–water partition coefficient (Wildman–Crippen LogP) is 3.36. The van der Waals surface area contributed by atoms with Crippen molar-refractivity contribution in [2.75, 3.05) is 33.9 Å². The van der Waals surface area contributed by atoms with Crippen molar-refractivity contribution < 1.29 is 23.5 Å². The molecule has 0 atom stereocenters. The number of hydrogen-bond donors (Lipinski definition) is 1. The Morgan fingerprint density at radius 3 is 2.29 bits per heavy atom. The molecular formula is C24H29FN2O4. The monoisotopic (exact) mass is 428 g/mol. The Balaban J connectivity index is 1.52. The number of carbonyl (C=O) groups is 2. The highest BCUT2D eigenvalue weighted by atomic mass is 19.1. The van der Waals surface area contributed by atoms with Gasteiger partial charge in [-0.3, -0.25) is 9.59 Å². The summed E-state index contributed by atoms with van der Waals surface area (Å²) < 4.78 is 24.4. The molecule has 1 saturated heterocycles. The number of amides is 2. The third-order valence-corrected chi connectivity index (χ3v) is 5.80. The maximum Gasteiger partial charge on any atom is 0.254 e. The van der Waals surface area contributed by atoms with E-state index in [1.807, 2.05) is 6.92 Å². The Morgan fingerprint density at radius 1 is 1.10 bits per heavy atom. The maximum absolute atomic E-state index is 13.7. The molecule has 0 spiro atoms. The van der Waals surface area contributed by atoms with Gasteiger partial charge in [-0.15, -0.1) is 0 Å². The molecular weight excluding hydrogens is 399 g/mol. The van der Waals surface area contributed by atoms with Crippen LogP contribution in [0.3, 0.4) is 0 Å². The van der Waals surface area contributed by atoms with Gasteiger partial charge in [0.15, 0.2) is 0 Å². The number of hydrogen-bond acceptors (Lipinski definition) is 4. The molecule has 1 N–H and O–H groups in total. The van der Waals surface area contributed by atoms with Gasteiger partial charge in [0.05, 0.1) is 14.2 Å². The summed E-state index contributed by atoms with van der Waals surface area (Å²) >= 11 is 0. The zero-order chi connectivity index (χ0) is 22.4. The molecule has 0 aromatic heterocycles. The van der Waals surface area contributed by atoms with Crippen LogP contribution in [0.5, 0.6) is 11.5 Å². The first-order valence-electron chi connectivity index (χ1n) is 10.5. The number of methoxy groups -OCH3 is 2. The van der Waals surface area contributed by atoms with Crippen molar-refractivity contribution >= 4 is 11.8 Å². The minimum atomic E-state index is -0.257. The van der Waals surface area contributed by atoms with Crippen molar-refractivity contribution in [3.05, 3.63) is 58.9 Å². The van der Waals surface area contributed by atoms with E-state index in [0.29, 0.717) is 61.5 Å². The van der Waals surface area contributed by atoms with Crippen LogP contribution in [0.25, 0.3) is 0 Å². The van der Waals surface area contributed by atoms with E-state index >= 15 is 0 Å². The van der Waals surface area contributed by atoms with E-state index in [1.54, 1.807) is 49.5 Å². The number of halogens is 1. The molecule has 0 bridgehead atoms. The van der Waals surface area contributed by atoms with Crippen molar-refractivity contribution in [3.63, 3.8) is 0 Å². The van der Waals surface area contributed by atoms with E-state index in [9.17, 15) is 14.0 Å². The Kier molecular flexibility index (Phi) is 7.50. The van der Waals surface area contributed by atoms with Crippen LogP contribution >= 0.6 is 0 Å². The second-order valence-corrected chi connectivity index (χ2v) is 7.70.